The molecule has 12 heavy (non-hydrogen) atoms. The molecule has 1 unspecified atom stereocenters. The Labute approximate surface area is 74.1 Å². The summed E-state index contributed by atoms with van der Waals surface area (Å²) in [4.78, 5) is 13.6. The number of carbonyl (C=O) groups excluding carboxylic acids is 1. The van der Waals surface area contributed by atoms with Gasteiger partial charge in [-0.2, -0.15) is 0 Å². The number of carbonyl (C=O) groups is 1. The molecule has 0 radical (unpaired) electrons. The summed E-state index contributed by atoms with van der Waals surface area (Å²) in [6.07, 6.45) is 1.91. The summed E-state index contributed by atoms with van der Waals surface area (Å²) in [5, 5.41) is 3.30. The standard InChI is InChI=1S/C9H18N2O/c1-4-9(2)8(12)11(3)7-5-6-10-9/h10H,4-7H2,1-3H3. The van der Waals surface area contributed by atoms with E-state index < -0.39 is 0 Å². The molecule has 1 N–H and O–H groups in total. The van der Waals surface area contributed by atoms with Crippen LogP contribution in [-0.4, -0.2) is 36.5 Å². The summed E-state index contributed by atoms with van der Waals surface area (Å²) in [5.74, 6) is 0.225. The first-order chi connectivity index (χ1) is 5.60. The van der Waals surface area contributed by atoms with E-state index in [1.165, 1.54) is 0 Å². The Morgan fingerprint density at radius 2 is 2.33 bits per heavy atom. The molecule has 1 aliphatic rings. The Balaban J connectivity index is 2.77. The second-order valence-corrected chi connectivity index (χ2v) is 3.69. The van der Waals surface area contributed by atoms with Gasteiger partial charge in [0, 0.05) is 13.6 Å². The molecule has 70 valence electrons. The summed E-state index contributed by atoms with van der Waals surface area (Å²) in [7, 11) is 1.88. The number of hydrogen-bond acceptors (Lipinski definition) is 2. The number of amides is 1. The lowest BCUT2D eigenvalue weighted by molar-refractivity contribution is -0.135. The largest absolute Gasteiger partial charge is 0.344 e. The molecule has 1 amide bonds. The maximum absolute atomic E-state index is 11.8. The molecule has 3 heteroatoms. The van der Waals surface area contributed by atoms with Gasteiger partial charge >= 0.3 is 0 Å². The van der Waals surface area contributed by atoms with Gasteiger partial charge in [0.05, 0.1) is 5.54 Å². The molecule has 0 bridgehead atoms. The van der Waals surface area contributed by atoms with Crippen LogP contribution >= 0.6 is 0 Å². The van der Waals surface area contributed by atoms with Crippen molar-refractivity contribution in [3.8, 4) is 0 Å². The molecule has 0 aromatic heterocycles. The minimum atomic E-state index is -0.328. The lowest BCUT2D eigenvalue weighted by Crippen LogP contribution is -2.52. The highest BCUT2D eigenvalue weighted by Crippen LogP contribution is 2.15. The van der Waals surface area contributed by atoms with Crippen LogP contribution in [0.3, 0.4) is 0 Å². The minimum absolute atomic E-state index is 0.225. The van der Waals surface area contributed by atoms with Crippen molar-refractivity contribution in [1.29, 1.82) is 0 Å². The molecule has 1 fully saturated rings. The molecule has 0 aliphatic carbocycles. The van der Waals surface area contributed by atoms with Gasteiger partial charge in [0.25, 0.3) is 0 Å². The van der Waals surface area contributed by atoms with Crippen LogP contribution in [0.15, 0.2) is 0 Å². The van der Waals surface area contributed by atoms with E-state index in [4.69, 9.17) is 0 Å². The number of nitrogens with one attached hydrogen (secondary N) is 1. The highest BCUT2D eigenvalue weighted by atomic mass is 16.2. The third-order valence-electron chi connectivity index (χ3n) is 2.71. The normalized spacial score (nSPS) is 31.9. The van der Waals surface area contributed by atoms with Crippen molar-refractivity contribution in [2.45, 2.75) is 32.2 Å². The molecule has 0 spiro atoms. The summed E-state index contributed by atoms with van der Waals surface area (Å²) in [6.45, 7) is 5.85. The van der Waals surface area contributed by atoms with E-state index in [0.717, 1.165) is 25.9 Å². The molecule has 0 saturated carbocycles. The SMILES string of the molecule is CCC1(C)NCCCN(C)C1=O. The first-order valence-electron chi connectivity index (χ1n) is 4.61. The topological polar surface area (TPSA) is 32.3 Å². The molecule has 3 nitrogen and oxygen atoms in total. The van der Waals surface area contributed by atoms with Crippen LogP contribution in [0.4, 0.5) is 0 Å². The summed E-state index contributed by atoms with van der Waals surface area (Å²) < 4.78 is 0. The van der Waals surface area contributed by atoms with E-state index >= 15 is 0 Å². The van der Waals surface area contributed by atoms with E-state index in [9.17, 15) is 4.79 Å². The van der Waals surface area contributed by atoms with Gasteiger partial charge in [0.15, 0.2) is 0 Å². The maximum atomic E-state index is 11.8. The predicted octanol–water partition coefficient (Wildman–Crippen LogP) is 0.607. The van der Waals surface area contributed by atoms with Gasteiger partial charge in [-0.15, -0.1) is 0 Å². The number of rotatable bonds is 1. The fraction of sp³-hybridized carbons (Fsp3) is 0.889. The monoisotopic (exact) mass is 170 g/mol. The third kappa shape index (κ3) is 1.61. The van der Waals surface area contributed by atoms with Crippen LogP contribution in [-0.2, 0) is 4.79 Å². The van der Waals surface area contributed by atoms with Crippen molar-refractivity contribution in [2.24, 2.45) is 0 Å². The Morgan fingerprint density at radius 3 is 2.92 bits per heavy atom. The van der Waals surface area contributed by atoms with Gasteiger partial charge in [0.2, 0.25) is 5.91 Å². The molecule has 0 aromatic carbocycles. The lowest BCUT2D eigenvalue weighted by Gasteiger charge is -2.29. The van der Waals surface area contributed by atoms with Crippen molar-refractivity contribution in [3.05, 3.63) is 0 Å². The van der Waals surface area contributed by atoms with Crippen LogP contribution in [0.2, 0.25) is 0 Å². The van der Waals surface area contributed by atoms with E-state index in [0.29, 0.717) is 0 Å². The van der Waals surface area contributed by atoms with Crippen molar-refractivity contribution in [3.63, 3.8) is 0 Å². The van der Waals surface area contributed by atoms with Gasteiger partial charge in [-0.1, -0.05) is 6.92 Å². The lowest BCUT2D eigenvalue weighted by atomic mass is 9.98. The summed E-state index contributed by atoms with van der Waals surface area (Å²) in [6, 6.07) is 0. The van der Waals surface area contributed by atoms with E-state index in [1.807, 2.05) is 25.8 Å². The Hall–Kier alpha value is -0.570. The van der Waals surface area contributed by atoms with Crippen molar-refractivity contribution in [2.75, 3.05) is 20.1 Å². The van der Waals surface area contributed by atoms with Crippen LogP contribution in [0.1, 0.15) is 26.7 Å². The third-order valence-corrected chi connectivity index (χ3v) is 2.71. The van der Waals surface area contributed by atoms with E-state index in [-0.39, 0.29) is 11.4 Å². The van der Waals surface area contributed by atoms with Crippen molar-refractivity contribution >= 4 is 5.91 Å². The van der Waals surface area contributed by atoms with Gasteiger partial charge < -0.3 is 10.2 Å². The second-order valence-electron chi connectivity index (χ2n) is 3.69. The molecular formula is C9H18N2O. The summed E-state index contributed by atoms with van der Waals surface area (Å²) in [5.41, 5.74) is -0.328. The number of hydrogen-bond donors (Lipinski definition) is 1. The smallest absolute Gasteiger partial charge is 0.242 e. The zero-order valence-electron chi connectivity index (χ0n) is 8.18. The maximum Gasteiger partial charge on any atom is 0.242 e. The van der Waals surface area contributed by atoms with E-state index in [1.54, 1.807) is 0 Å². The first kappa shape index (κ1) is 9.52. The highest BCUT2D eigenvalue weighted by Gasteiger charge is 2.34. The zero-order valence-corrected chi connectivity index (χ0v) is 8.18. The molecule has 1 saturated heterocycles. The molecule has 1 atom stereocenters. The average Bonchev–Trinajstić information content (AvgIpc) is 2.20. The van der Waals surface area contributed by atoms with Crippen LogP contribution in [0, 0.1) is 0 Å². The molecule has 0 aromatic rings. The molecule has 1 heterocycles. The number of likely N-dealkylation sites (N-methyl/N-ethyl adjacent to an activating group) is 1. The number of nitrogens with zero attached hydrogens (tertiary/aromatic N) is 1. The predicted molar refractivity (Wildman–Crippen MR) is 49.0 cm³/mol. The first-order valence-corrected chi connectivity index (χ1v) is 4.61. The van der Waals surface area contributed by atoms with Crippen LogP contribution in [0.5, 0.6) is 0 Å². The van der Waals surface area contributed by atoms with Crippen molar-refractivity contribution in [1.82, 2.24) is 10.2 Å². The van der Waals surface area contributed by atoms with Gasteiger partial charge in [-0.25, -0.2) is 0 Å². The van der Waals surface area contributed by atoms with Crippen molar-refractivity contribution < 1.29 is 4.79 Å². The van der Waals surface area contributed by atoms with Crippen LogP contribution < -0.4 is 5.32 Å². The summed E-state index contributed by atoms with van der Waals surface area (Å²) >= 11 is 0. The van der Waals surface area contributed by atoms with Gasteiger partial charge in [0.1, 0.15) is 0 Å². The van der Waals surface area contributed by atoms with E-state index in [2.05, 4.69) is 5.32 Å². The molecular weight excluding hydrogens is 152 g/mol. The fourth-order valence-electron chi connectivity index (χ4n) is 1.56. The Bertz CT molecular complexity index is 181. The highest BCUT2D eigenvalue weighted by molar-refractivity contribution is 5.85. The van der Waals surface area contributed by atoms with Gasteiger partial charge in [-0.3, -0.25) is 4.79 Å². The minimum Gasteiger partial charge on any atom is -0.344 e. The Morgan fingerprint density at radius 1 is 1.67 bits per heavy atom. The second kappa shape index (κ2) is 3.44. The van der Waals surface area contributed by atoms with Gasteiger partial charge in [-0.05, 0) is 26.3 Å². The zero-order chi connectivity index (χ0) is 9.19. The molecule has 1 rings (SSSR count). The quantitative estimate of drug-likeness (QED) is 0.625. The Kier molecular flexibility index (Phi) is 2.73. The fourth-order valence-corrected chi connectivity index (χ4v) is 1.56. The molecule has 1 aliphatic heterocycles. The van der Waals surface area contributed by atoms with Crippen LogP contribution in [0.25, 0.3) is 0 Å². The average molecular weight is 170 g/mol.